The molecule has 1 N–H and O–H groups in total. The van der Waals surface area contributed by atoms with Gasteiger partial charge in [0, 0.05) is 6.04 Å². The first-order valence-electron chi connectivity index (χ1n) is 6.70. The molecule has 0 bridgehead atoms. The van der Waals surface area contributed by atoms with Crippen molar-refractivity contribution in [3.63, 3.8) is 0 Å². The topological polar surface area (TPSA) is 12.0 Å². The van der Waals surface area contributed by atoms with Crippen molar-refractivity contribution in [3.05, 3.63) is 34.4 Å². The minimum Gasteiger partial charge on any atom is -0.313 e. The molecule has 0 aliphatic carbocycles. The van der Waals surface area contributed by atoms with Crippen molar-refractivity contribution >= 4 is 0 Å². The van der Waals surface area contributed by atoms with Crippen molar-refractivity contribution in [1.29, 1.82) is 0 Å². The molecule has 0 saturated carbocycles. The van der Waals surface area contributed by atoms with E-state index >= 15 is 0 Å². The largest absolute Gasteiger partial charge is 0.313 e. The fourth-order valence-electron chi connectivity index (χ4n) is 2.67. The van der Waals surface area contributed by atoms with Gasteiger partial charge in [0.25, 0.3) is 0 Å². The van der Waals surface area contributed by atoms with Gasteiger partial charge in [0.1, 0.15) is 0 Å². The molecule has 1 rings (SSSR count). The summed E-state index contributed by atoms with van der Waals surface area (Å²) < 4.78 is 0. The Morgan fingerprint density at radius 3 is 1.94 bits per heavy atom. The van der Waals surface area contributed by atoms with Gasteiger partial charge in [0.2, 0.25) is 0 Å². The summed E-state index contributed by atoms with van der Waals surface area (Å²) in [6, 6.07) is 5.09. The SMILES string of the molecule is CNC(CCC(C)C)c1c(C)cc(C)cc1C. The molecular weight excluding hydrogens is 206 g/mol. The Hall–Kier alpha value is -0.820. The second-order valence-electron chi connectivity index (χ2n) is 5.62. The van der Waals surface area contributed by atoms with Gasteiger partial charge in [-0.25, -0.2) is 0 Å². The van der Waals surface area contributed by atoms with Crippen molar-refractivity contribution in [3.8, 4) is 0 Å². The number of hydrogen-bond acceptors (Lipinski definition) is 1. The van der Waals surface area contributed by atoms with Gasteiger partial charge < -0.3 is 5.32 Å². The van der Waals surface area contributed by atoms with Crippen LogP contribution in [0.2, 0.25) is 0 Å². The highest BCUT2D eigenvalue weighted by atomic mass is 14.9. The Bertz CT molecular complexity index is 343. The Kier molecular flexibility index (Phi) is 5.20. The van der Waals surface area contributed by atoms with E-state index in [-0.39, 0.29) is 0 Å². The van der Waals surface area contributed by atoms with Crippen molar-refractivity contribution in [2.45, 2.75) is 53.5 Å². The van der Waals surface area contributed by atoms with E-state index in [9.17, 15) is 0 Å². The second-order valence-corrected chi connectivity index (χ2v) is 5.62. The number of benzene rings is 1. The van der Waals surface area contributed by atoms with Gasteiger partial charge in [0.05, 0.1) is 0 Å². The van der Waals surface area contributed by atoms with E-state index in [0.29, 0.717) is 6.04 Å². The molecule has 96 valence electrons. The van der Waals surface area contributed by atoms with E-state index in [1.165, 1.54) is 35.1 Å². The van der Waals surface area contributed by atoms with Gasteiger partial charge in [0.15, 0.2) is 0 Å². The molecule has 1 aromatic rings. The lowest BCUT2D eigenvalue weighted by atomic mass is 9.90. The van der Waals surface area contributed by atoms with E-state index < -0.39 is 0 Å². The van der Waals surface area contributed by atoms with Gasteiger partial charge in [-0.05, 0) is 63.3 Å². The Morgan fingerprint density at radius 1 is 1.00 bits per heavy atom. The highest BCUT2D eigenvalue weighted by Gasteiger charge is 2.15. The standard InChI is InChI=1S/C16H27N/c1-11(2)7-8-15(17-6)16-13(4)9-12(3)10-14(16)5/h9-11,15,17H,7-8H2,1-6H3. The first-order valence-corrected chi connectivity index (χ1v) is 6.70. The lowest BCUT2D eigenvalue weighted by molar-refractivity contribution is 0.462. The van der Waals surface area contributed by atoms with Crippen LogP contribution in [0.5, 0.6) is 0 Å². The zero-order valence-electron chi connectivity index (χ0n) is 12.2. The molecule has 0 aliphatic rings. The van der Waals surface area contributed by atoms with E-state index in [4.69, 9.17) is 0 Å². The molecule has 0 saturated heterocycles. The first-order chi connectivity index (χ1) is 7.95. The van der Waals surface area contributed by atoms with Crippen LogP contribution in [0.25, 0.3) is 0 Å². The molecular formula is C16H27N. The summed E-state index contributed by atoms with van der Waals surface area (Å²) in [6.07, 6.45) is 2.50. The van der Waals surface area contributed by atoms with Gasteiger partial charge >= 0.3 is 0 Å². The average Bonchev–Trinajstić information content (AvgIpc) is 2.21. The van der Waals surface area contributed by atoms with Crippen molar-refractivity contribution < 1.29 is 0 Å². The summed E-state index contributed by atoms with van der Waals surface area (Å²) in [6.45, 7) is 11.2. The van der Waals surface area contributed by atoms with Crippen LogP contribution < -0.4 is 5.32 Å². The second kappa shape index (κ2) is 6.20. The molecule has 17 heavy (non-hydrogen) atoms. The molecule has 0 aliphatic heterocycles. The van der Waals surface area contributed by atoms with Crippen molar-refractivity contribution in [2.24, 2.45) is 5.92 Å². The van der Waals surface area contributed by atoms with Crippen LogP contribution in [-0.2, 0) is 0 Å². The molecule has 0 amide bonds. The maximum atomic E-state index is 3.47. The van der Waals surface area contributed by atoms with Crippen LogP contribution in [0.4, 0.5) is 0 Å². The van der Waals surface area contributed by atoms with Gasteiger partial charge in [-0.3, -0.25) is 0 Å². The molecule has 0 heterocycles. The van der Waals surface area contributed by atoms with Crippen LogP contribution in [0.3, 0.4) is 0 Å². The van der Waals surface area contributed by atoms with Crippen molar-refractivity contribution in [2.75, 3.05) is 7.05 Å². The average molecular weight is 233 g/mol. The van der Waals surface area contributed by atoms with Crippen LogP contribution in [0.15, 0.2) is 12.1 Å². The minimum atomic E-state index is 0.498. The molecule has 1 aromatic carbocycles. The lowest BCUT2D eigenvalue weighted by Gasteiger charge is -2.22. The van der Waals surface area contributed by atoms with E-state index in [0.717, 1.165) is 5.92 Å². The van der Waals surface area contributed by atoms with Crippen molar-refractivity contribution in [1.82, 2.24) is 5.32 Å². The lowest BCUT2D eigenvalue weighted by Crippen LogP contribution is -2.19. The maximum Gasteiger partial charge on any atom is 0.0322 e. The van der Waals surface area contributed by atoms with Crippen LogP contribution in [0.1, 0.15) is 55.0 Å². The third-order valence-corrected chi connectivity index (χ3v) is 3.47. The predicted octanol–water partition coefficient (Wildman–Crippen LogP) is 4.31. The van der Waals surface area contributed by atoms with E-state index in [2.05, 4.69) is 59.1 Å². The monoisotopic (exact) mass is 233 g/mol. The smallest absolute Gasteiger partial charge is 0.0322 e. The predicted molar refractivity (Wildman–Crippen MR) is 76.5 cm³/mol. The molecule has 0 aromatic heterocycles. The van der Waals surface area contributed by atoms with Crippen LogP contribution in [0, 0.1) is 26.7 Å². The molecule has 1 nitrogen and oxygen atoms in total. The Labute approximate surface area is 107 Å². The molecule has 0 radical (unpaired) electrons. The minimum absolute atomic E-state index is 0.498. The quantitative estimate of drug-likeness (QED) is 0.799. The number of hydrogen-bond donors (Lipinski definition) is 1. The summed E-state index contributed by atoms with van der Waals surface area (Å²) in [7, 11) is 2.07. The van der Waals surface area contributed by atoms with E-state index in [1.54, 1.807) is 0 Å². The molecule has 1 atom stereocenters. The highest BCUT2D eigenvalue weighted by molar-refractivity contribution is 5.39. The summed E-state index contributed by atoms with van der Waals surface area (Å²) in [4.78, 5) is 0. The molecule has 1 unspecified atom stereocenters. The third kappa shape index (κ3) is 3.85. The molecule has 0 spiro atoms. The van der Waals surface area contributed by atoms with E-state index in [1.807, 2.05) is 0 Å². The normalized spacial score (nSPS) is 13.1. The fraction of sp³-hybridized carbons (Fsp3) is 0.625. The fourth-order valence-corrected chi connectivity index (χ4v) is 2.67. The molecule has 1 heteroatoms. The van der Waals surface area contributed by atoms with Gasteiger partial charge in [-0.15, -0.1) is 0 Å². The first kappa shape index (κ1) is 14.2. The van der Waals surface area contributed by atoms with Crippen LogP contribution in [-0.4, -0.2) is 7.05 Å². The van der Waals surface area contributed by atoms with Gasteiger partial charge in [-0.2, -0.15) is 0 Å². The zero-order valence-corrected chi connectivity index (χ0v) is 12.2. The maximum absolute atomic E-state index is 3.47. The number of aryl methyl sites for hydroxylation is 3. The van der Waals surface area contributed by atoms with Gasteiger partial charge in [-0.1, -0.05) is 31.5 Å². The summed E-state index contributed by atoms with van der Waals surface area (Å²) in [5, 5.41) is 3.47. The Morgan fingerprint density at radius 2 is 1.53 bits per heavy atom. The van der Waals surface area contributed by atoms with Crippen LogP contribution >= 0.6 is 0 Å². The Balaban J connectivity index is 2.95. The molecule has 0 fully saturated rings. The summed E-state index contributed by atoms with van der Waals surface area (Å²) >= 11 is 0. The number of nitrogens with one attached hydrogen (secondary N) is 1. The zero-order chi connectivity index (χ0) is 13.0. The third-order valence-electron chi connectivity index (χ3n) is 3.47. The summed E-state index contributed by atoms with van der Waals surface area (Å²) in [5.74, 6) is 0.775. The number of rotatable bonds is 5. The highest BCUT2D eigenvalue weighted by Crippen LogP contribution is 2.27. The summed E-state index contributed by atoms with van der Waals surface area (Å²) in [5.41, 5.74) is 5.71.